The fourth-order valence-electron chi connectivity index (χ4n) is 3.08. The van der Waals surface area contributed by atoms with Crippen LogP contribution in [0, 0.1) is 0 Å². The van der Waals surface area contributed by atoms with Crippen molar-refractivity contribution < 1.29 is 4.79 Å². The molecule has 1 N–H and O–H groups in total. The van der Waals surface area contributed by atoms with Crippen molar-refractivity contribution in [1.82, 2.24) is 10.2 Å². The van der Waals surface area contributed by atoms with Crippen molar-refractivity contribution in [2.24, 2.45) is 0 Å². The number of likely N-dealkylation sites (N-methyl/N-ethyl adjacent to an activating group) is 1. The quantitative estimate of drug-likeness (QED) is 0.692. The van der Waals surface area contributed by atoms with Gasteiger partial charge in [0.2, 0.25) is 0 Å². The first-order valence-corrected chi connectivity index (χ1v) is 11.6. The van der Waals surface area contributed by atoms with Crippen molar-refractivity contribution in [2.75, 3.05) is 32.1 Å². The summed E-state index contributed by atoms with van der Waals surface area (Å²) >= 11 is 10.3. The van der Waals surface area contributed by atoms with Crippen molar-refractivity contribution in [3.8, 4) is 0 Å². The molecule has 1 heterocycles. The lowest BCUT2D eigenvalue weighted by molar-refractivity contribution is 0.0942. The number of hydrogen-bond acceptors (Lipinski definition) is 4. The second kappa shape index (κ2) is 9.87. The van der Waals surface area contributed by atoms with Crippen molar-refractivity contribution in [3.63, 3.8) is 0 Å². The first kappa shape index (κ1) is 20.6. The van der Waals surface area contributed by atoms with Crippen LogP contribution in [-0.2, 0) is 0 Å². The van der Waals surface area contributed by atoms with Crippen molar-refractivity contribution in [2.45, 2.75) is 17.0 Å². The van der Waals surface area contributed by atoms with Gasteiger partial charge in [0.25, 0.3) is 5.91 Å². The van der Waals surface area contributed by atoms with E-state index in [1.807, 2.05) is 74.0 Å². The van der Waals surface area contributed by atoms with Gasteiger partial charge in [0, 0.05) is 17.1 Å². The molecule has 1 fully saturated rings. The minimum absolute atomic E-state index is 0.0250. The van der Waals surface area contributed by atoms with Crippen LogP contribution in [0.1, 0.15) is 38.5 Å². The number of halogens is 1. The Labute approximate surface area is 175 Å². The number of carbonyl (C=O) groups excluding carboxylic acids is 1. The highest BCUT2D eigenvalue weighted by molar-refractivity contribution is 8.16. The van der Waals surface area contributed by atoms with E-state index in [4.69, 9.17) is 11.6 Å². The highest BCUT2D eigenvalue weighted by atomic mass is 35.5. The maximum atomic E-state index is 12.6. The van der Waals surface area contributed by atoms with Gasteiger partial charge in [0.05, 0.1) is 10.6 Å². The Balaban J connectivity index is 1.63. The zero-order valence-corrected chi connectivity index (χ0v) is 18.0. The van der Waals surface area contributed by atoms with E-state index >= 15 is 0 Å². The molecule has 3 nitrogen and oxygen atoms in total. The maximum Gasteiger partial charge on any atom is 0.251 e. The van der Waals surface area contributed by atoms with Gasteiger partial charge in [-0.15, -0.1) is 23.5 Å². The standard InChI is InChI=1S/C21H25ClN2OS2/c1-24(2)19(17-6-3-4-7-18(17)22)14-23-20(25)15-8-10-16(11-9-15)21-26-12-5-13-27-21/h3-4,6-11,19,21H,5,12-14H2,1-2H3,(H,23,25)/t19-/m0/s1. The molecule has 1 saturated heterocycles. The van der Waals surface area contributed by atoms with E-state index in [2.05, 4.69) is 22.3 Å². The fraction of sp³-hybridized carbons (Fsp3) is 0.381. The van der Waals surface area contributed by atoms with Crippen molar-refractivity contribution >= 4 is 41.0 Å². The monoisotopic (exact) mass is 420 g/mol. The molecule has 0 unspecified atom stereocenters. The topological polar surface area (TPSA) is 32.3 Å². The molecular formula is C21H25ClN2OS2. The van der Waals surface area contributed by atoms with Crippen LogP contribution in [0.5, 0.6) is 0 Å². The van der Waals surface area contributed by atoms with Crippen LogP contribution < -0.4 is 5.32 Å². The first-order valence-electron chi connectivity index (χ1n) is 9.08. The zero-order chi connectivity index (χ0) is 19.2. The average molecular weight is 421 g/mol. The Morgan fingerprint density at radius 1 is 1.15 bits per heavy atom. The molecule has 2 aromatic rings. The summed E-state index contributed by atoms with van der Waals surface area (Å²) < 4.78 is 0.495. The number of nitrogens with one attached hydrogen (secondary N) is 1. The van der Waals surface area contributed by atoms with Gasteiger partial charge >= 0.3 is 0 Å². The third-order valence-corrected chi connectivity index (χ3v) is 7.97. The van der Waals surface area contributed by atoms with E-state index in [0.29, 0.717) is 16.7 Å². The normalized spacial score (nSPS) is 16.3. The number of rotatable bonds is 6. The predicted octanol–water partition coefficient (Wildman–Crippen LogP) is 5.24. The van der Waals surface area contributed by atoms with Gasteiger partial charge in [-0.3, -0.25) is 4.79 Å². The Hall–Kier alpha value is -1.14. The number of hydrogen-bond donors (Lipinski definition) is 1. The van der Waals surface area contributed by atoms with Crippen LogP contribution in [0.4, 0.5) is 0 Å². The summed E-state index contributed by atoms with van der Waals surface area (Å²) in [7, 11) is 3.99. The lowest BCUT2D eigenvalue weighted by atomic mass is 10.1. The summed E-state index contributed by atoms with van der Waals surface area (Å²) in [5, 5.41) is 3.78. The van der Waals surface area contributed by atoms with Crippen LogP contribution in [0.25, 0.3) is 0 Å². The molecule has 6 heteroatoms. The van der Waals surface area contributed by atoms with E-state index in [9.17, 15) is 4.79 Å². The minimum atomic E-state index is -0.0515. The number of nitrogens with zero attached hydrogens (tertiary/aromatic N) is 1. The molecule has 0 spiro atoms. The van der Waals surface area contributed by atoms with Crippen molar-refractivity contribution in [1.29, 1.82) is 0 Å². The Bertz CT molecular complexity index is 761. The Kier molecular flexibility index (Phi) is 7.53. The Morgan fingerprint density at radius 3 is 2.44 bits per heavy atom. The van der Waals surface area contributed by atoms with E-state index in [-0.39, 0.29) is 11.9 Å². The second-order valence-corrected chi connectivity index (χ2v) is 9.89. The molecule has 1 atom stereocenters. The molecular weight excluding hydrogens is 396 g/mol. The van der Waals surface area contributed by atoms with E-state index in [1.54, 1.807) is 0 Å². The minimum Gasteiger partial charge on any atom is -0.350 e. The van der Waals surface area contributed by atoms with E-state index in [0.717, 1.165) is 10.6 Å². The highest BCUT2D eigenvalue weighted by Gasteiger charge is 2.19. The summed E-state index contributed by atoms with van der Waals surface area (Å²) in [6.07, 6.45) is 1.28. The number of benzene rings is 2. The SMILES string of the molecule is CN(C)[C@@H](CNC(=O)c1ccc(C2SCCCS2)cc1)c1ccccc1Cl. The maximum absolute atomic E-state index is 12.6. The van der Waals surface area contributed by atoms with Crippen LogP contribution >= 0.6 is 35.1 Å². The third kappa shape index (κ3) is 5.44. The van der Waals surface area contributed by atoms with Crippen LogP contribution in [-0.4, -0.2) is 43.0 Å². The summed E-state index contributed by atoms with van der Waals surface area (Å²) in [6.45, 7) is 0.506. The summed E-state index contributed by atoms with van der Waals surface area (Å²) in [5.74, 6) is 2.38. The number of amides is 1. The van der Waals surface area contributed by atoms with Crippen LogP contribution in [0.15, 0.2) is 48.5 Å². The molecule has 3 rings (SSSR count). The van der Waals surface area contributed by atoms with Crippen LogP contribution in [0.2, 0.25) is 5.02 Å². The highest BCUT2D eigenvalue weighted by Crippen LogP contribution is 2.43. The molecule has 0 aromatic heterocycles. The Morgan fingerprint density at radius 2 is 1.81 bits per heavy atom. The summed E-state index contributed by atoms with van der Waals surface area (Å²) in [4.78, 5) is 14.7. The predicted molar refractivity (Wildman–Crippen MR) is 119 cm³/mol. The molecule has 1 amide bonds. The number of thioether (sulfide) groups is 2. The molecule has 0 bridgehead atoms. The van der Waals surface area contributed by atoms with Gasteiger partial charge in [-0.2, -0.15) is 0 Å². The molecule has 2 aromatic carbocycles. The smallest absolute Gasteiger partial charge is 0.251 e. The first-order chi connectivity index (χ1) is 13.1. The van der Waals surface area contributed by atoms with Crippen molar-refractivity contribution in [3.05, 3.63) is 70.2 Å². The third-order valence-electron chi connectivity index (χ3n) is 4.62. The molecule has 1 aliphatic heterocycles. The van der Waals surface area contributed by atoms with Gasteiger partial charge < -0.3 is 10.2 Å². The molecule has 144 valence electrons. The average Bonchev–Trinajstić information content (AvgIpc) is 2.70. The number of carbonyl (C=O) groups is 1. The lowest BCUT2D eigenvalue weighted by Gasteiger charge is -2.26. The summed E-state index contributed by atoms with van der Waals surface area (Å²) in [6, 6.07) is 15.8. The van der Waals surface area contributed by atoms with Gasteiger partial charge in [-0.1, -0.05) is 41.9 Å². The second-order valence-electron chi connectivity index (χ2n) is 6.76. The van der Waals surface area contributed by atoms with E-state index in [1.165, 1.54) is 23.5 Å². The van der Waals surface area contributed by atoms with Gasteiger partial charge in [-0.05, 0) is 61.3 Å². The van der Waals surface area contributed by atoms with Gasteiger partial charge in [0.15, 0.2) is 0 Å². The zero-order valence-electron chi connectivity index (χ0n) is 15.7. The summed E-state index contributed by atoms with van der Waals surface area (Å²) in [5.41, 5.74) is 3.01. The lowest BCUT2D eigenvalue weighted by Crippen LogP contribution is -2.34. The van der Waals surface area contributed by atoms with Gasteiger partial charge in [-0.25, -0.2) is 0 Å². The molecule has 1 aliphatic rings. The largest absolute Gasteiger partial charge is 0.350 e. The molecule has 0 saturated carbocycles. The van der Waals surface area contributed by atoms with Crippen LogP contribution in [0.3, 0.4) is 0 Å². The molecule has 0 radical (unpaired) electrons. The van der Waals surface area contributed by atoms with Gasteiger partial charge in [0.1, 0.15) is 0 Å². The van der Waals surface area contributed by atoms with E-state index < -0.39 is 0 Å². The molecule has 0 aliphatic carbocycles. The fourth-order valence-corrected chi connectivity index (χ4v) is 6.24. The molecule has 27 heavy (non-hydrogen) atoms.